The molecule has 8 nitrogen and oxygen atoms in total. The molecule has 4 aromatic rings. The summed E-state index contributed by atoms with van der Waals surface area (Å²) in [5, 5.41) is 10.7. The van der Waals surface area contributed by atoms with E-state index in [9.17, 15) is 4.79 Å². The van der Waals surface area contributed by atoms with Gasteiger partial charge in [-0.05, 0) is 67.1 Å². The molecule has 1 aromatic heterocycles. The van der Waals surface area contributed by atoms with E-state index in [1.807, 2.05) is 71.7 Å². The van der Waals surface area contributed by atoms with Gasteiger partial charge in [-0.3, -0.25) is 9.80 Å². The van der Waals surface area contributed by atoms with Gasteiger partial charge in [0.05, 0.1) is 37.2 Å². The molecule has 2 heterocycles. The van der Waals surface area contributed by atoms with Crippen LogP contribution in [0.2, 0.25) is 0 Å². The van der Waals surface area contributed by atoms with Crippen LogP contribution < -0.4 is 20.5 Å². The average Bonchev–Trinajstić information content (AvgIpc) is 3.41. The van der Waals surface area contributed by atoms with Crippen molar-refractivity contribution in [1.82, 2.24) is 9.99 Å². The third-order valence-electron chi connectivity index (χ3n) is 6.58. The molecule has 1 amide bonds. The number of nitrogens with one attached hydrogen (secondary N) is 1. The Morgan fingerprint density at radius 1 is 1.08 bits per heavy atom. The van der Waals surface area contributed by atoms with Crippen molar-refractivity contribution in [3.63, 3.8) is 0 Å². The zero-order chi connectivity index (χ0) is 27.4. The SMILES string of the molecule is COc1ccc(C2=NN(C(N)SCC(=O)Nc3ccccc3)C(c3cc4cc(C)ccc4nc3OC)C2)cc1. The molecule has 0 radical (unpaired) electrons. The summed E-state index contributed by atoms with van der Waals surface area (Å²) < 4.78 is 11.1. The van der Waals surface area contributed by atoms with Crippen LogP contribution in [0.5, 0.6) is 11.6 Å². The second-order valence-corrected chi connectivity index (χ2v) is 10.4. The Morgan fingerprint density at radius 2 is 1.85 bits per heavy atom. The van der Waals surface area contributed by atoms with Crippen molar-refractivity contribution in [2.24, 2.45) is 10.8 Å². The van der Waals surface area contributed by atoms with Gasteiger partial charge in [0, 0.05) is 23.1 Å². The number of benzene rings is 3. The van der Waals surface area contributed by atoms with Crippen molar-refractivity contribution in [2.75, 3.05) is 25.3 Å². The summed E-state index contributed by atoms with van der Waals surface area (Å²) in [5.41, 5.74) is 11.6. The molecule has 0 aliphatic carbocycles. The lowest BCUT2D eigenvalue weighted by Crippen LogP contribution is -2.37. The molecule has 5 rings (SSSR count). The van der Waals surface area contributed by atoms with E-state index in [1.165, 1.54) is 11.8 Å². The number of para-hydroxylation sites is 1. The summed E-state index contributed by atoms with van der Waals surface area (Å²) in [6.45, 7) is 2.06. The average molecular weight is 542 g/mol. The first kappa shape index (κ1) is 26.5. The number of aromatic nitrogens is 1. The number of aryl methyl sites for hydroxylation is 1. The van der Waals surface area contributed by atoms with E-state index < -0.39 is 5.50 Å². The summed E-state index contributed by atoms with van der Waals surface area (Å²) in [7, 11) is 3.27. The van der Waals surface area contributed by atoms with Gasteiger partial charge in [0.1, 0.15) is 11.2 Å². The van der Waals surface area contributed by atoms with E-state index in [0.717, 1.165) is 44.7 Å². The molecule has 0 bridgehead atoms. The maximum absolute atomic E-state index is 12.6. The van der Waals surface area contributed by atoms with E-state index in [0.29, 0.717) is 12.3 Å². The van der Waals surface area contributed by atoms with Gasteiger partial charge in [0.2, 0.25) is 11.8 Å². The monoisotopic (exact) mass is 541 g/mol. The van der Waals surface area contributed by atoms with Crippen LogP contribution in [0.3, 0.4) is 0 Å². The minimum absolute atomic E-state index is 0.128. The Labute approximate surface area is 232 Å². The van der Waals surface area contributed by atoms with E-state index in [2.05, 4.69) is 24.4 Å². The molecule has 39 heavy (non-hydrogen) atoms. The van der Waals surface area contributed by atoms with Crippen molar-refractivity contribution >= 4 is 40.0 Å². The molecule has 0 spiro atoms. The number of methoxy groups -OCH3 is 2. The number of ether oxygens (including phenoxy) is 2. The van der Waals surface area contributed by atoms with Crippen LogP contribution >= 0.6 is 11.8 Å². The van der Waals surface area contributed by atoms with Gasteiger partial charge < -0.3 is 20.5 Å². The number of nitrogens with zero attached hydrogens (tertiary/aromatic N) is 3. The number of rotatable bonds is 9. The number of anilines is 1. The zero-order valence-corrected chi connectivity index (χ0v) is 22.9. The number of carbonyl (C=O) groups excluding carboxylic acids is 1. The maximum atomic E-state index is 12.6. The summed E-state index contributed by atoms with van der Waals surface area (Å²) in [5.74, 6) is 1.36. The van der Waals surface area contributed by atoms with Gasteiger partial charge in [0.25, 0.3) is 0 Å². The summed E-state index contributed by atoms with van der Waals surface area (Å²) >= 11 is 1.33. The second-order valence-electron chi connectivity index (χ2n) is 9.27. The van der Waals surface area contributed by atoms with Gasteiger partial charge >= 0.3 is 0 Å². The Balaban J connectivity index is 1.44. The van der Waals surface area contributed by atoms with Crippen LogP contribution in [0.1, 0.15) is 29.2 Å². The van der Waals surface area contributed by atoms with Gasteiger partial charge in [-0.2, -0.15) is 5.10 Å². The van der Waals surface area contributed by atoms with Gasteiger partial charge in [0.15, 0.2) is 0 Å². The molecule has 0 saturated carbocycles. The molecule has 200 valence electrons. The van der Waals surface area contributed by atoms with Gasteiger partial charge in [-0.25, -0.2) is 4.98 Å². The molecule has 2 unspecified atom stereocenters. The lowest BCUT2D eigenvalue weighted by molar-refractivity contribution is -0.113. The topological polar surface area (TPSA) is 102 Å². The standard InChI is InChI=1S/C30H31N5O3S/c1-19-9-14-25-21(15-19)16-24(29(33-25)38-3)27-17-26(20-10-12-23(37-2)13-11-20)34-35(27)30(31)39-18-28(36)32-22-7-5-4-6-8-22/h4-16,27,30H,17-18,31H2,1-3H3,(H,32,36). The third kappa shape index (κ3) is 6.00. The fourth-order valence-corrected chi connectivity index (χ4v) is 5.37. The molecular weight excluding hydrogens is 510 g/mol. The fraction of sp³-hybridized carbons (Fsp3) is 0.233. The number of hydrazone groups is 1. The van der Waals surface area contributed by atoms with Crippen LogP contribution in [0.4, 0.5) is 5.69 Å². The van der Waals surface area contributed by atoms with Crippen LogP contribution in [-0.4, -0.2) is 47.1 Å². The summed E-state index contributed by atoms with van der Waals surface area (Å²) in [6, 6.07) is 25.2. The highest BCUT2D eigenvalue weighted by Crippen LogP contribution is 2.40. The Morgan fingerprint density at radius 3 is 2.56 bits per heavy atom. The molecule has 1 aliphatic heterocycles. The number of carbonyl (C=O) groups is 1. The largest absolute Gasteiger partial charge is 0.497 e. The normalized spacial score (nSPS) is 15.6. The Hall–Kier alpha value is -4.08. The minimum Gasteiger partial charge on any atom is -0.497 e. The number of thioether (sulfide) groups is 1. The highest BCUT2D eigenvalue weighted by atomic mass is 32.2. The number of pyridine rings is 1. The number of hydrogen-bond acceptors (Lipinski definition) is 8. The molecule has 9 heteroatoms. The van der Waals surface area contributed by atoms with Crippen molar-refractivity contribution in [2.45, 2.75) is 24.9 Å². The number of fused-ring (bicyclic) bond motifs is 1. The van der Waals surface area contributed by atoms with Crippen molar-refractivity contribution in [1.29, 1.82) is 0 Å². The van der Waals surface area contributed by atoms with E-state index >= 15 is 0 Å². The first-order valence-electron chi connectivity index (χ1n) is 12.6. The quantitative estimate of drug-likeness (QED) is 0.276. The van der Waals surface area contributed by atoms with Crippen LogP contribution in [0.25, 0.3) is 10.9 Å². The molecule has 2 atom stereocenters. The van der Waals surface area contributed by atoms with Crippen LogP contribution in [0.15, 0.2) is 84.0 Å². The molecule has 3 N–H and O–H groups in total. The smallest absolute Gasteiger partial charge is 0.234 e. The predicted molar refractivity (Wildman–Crippen MR) is 157 cm³/mol. The van der Waals surface area contributed by atoms with Crippen molar-refractivity contribution in [3.8, 4) is 11.6 Å². The maximum Gasteiger partial charge on any atom is 0.234 e. The highest BCUT2D eigenvalue weighted by Gasteiger charge is 2.35. The van der Waals surface area contributed by atoms with E-state index in [1.54, 1.807) is 14.2 Å². The lowest BCUT2D eigenvalue weighted by atomic mass is 9.97. The minimum atomic E-state index is -0.579. The lowest BCUT2D eigenvalue weighted by Gasteiger charge is -2.29. The second kappa shape index (κ2) is 11.8. The van der Waals surface area contributed by atoms with Crippen LogP contribution in [0, 0.1) is 6.92 Å². The summed E-state index contributed by atoms with van der Waals surface area (Å²) in [4.78, 5) is 17.4. The van der Waals surface area contributed by atoms with Crippen LogP contribution in [-0.2, 0) is 4.79 Å². The van der Waals surface area contributed by atoms with E-state index in [-0.39, 0.29) is 17.7 Å². The molecule has 1 aliphatic rings. The summed E-state index contributed by atoms with van der Waals surface area (Å²) in [6.07, 6.45) is 0.603. The molecule has 0 fully saturated rings. The first-order chi connectivity index (χ1) is 18.9. The Kier molecular flexibility index (Phi) is 7.99. The number of hydrogen-bond donors (Lipinski definition) is 2. The Bertz CT molecular complexity index is 1490. The van der Waals surface area contributed by atoms with Gasteiger partial charge in [-0.15, -0.1) is 11.8 Å². The zero-order valence-electron chi connectivity index (χ0n) is 22.1. The van der Waals surface area contributed by atoms with Gasteiger partial charge in [-0.1, -0.05) is 29.8 Å². The molecular formula is C30H31N5O3S. The van der Waals surface area contributed by atoms with Crippen molar-refractivity contribution < 1.29 is 14.3 Å². The van der Waals surface area contributed by atoms with Crippen molar-refractivity contribution in [3.05, 3.63) is 95.6 Å². The third-order valence-corrected chi connectivity index (χ3v) is 7.57. The molecule has 3 aromatic carbocycles. The number of amides is 1. The number of nitrogens with two attached hydrogens (primary N) is 1. The predicted octanol–water partition coefficient (Wildman–Crippen LogP) is 5.33. The highest BCUT2D eigenvalue weighted by molar-refractivity contribution is 8.00. The molecule has 0 saturated heterocycles. The fourth-order valence-electron chi connectivity index (χ4n) is 4.63. The first-order valence-corrected chi connectivity index (χ1v) is 13.7. The van der Waals surface area contributed by atoms with E-state index in [4.69, 9.17) is 25.3 Å².